The summed E-state index contributed by atoms with van der Waals surface area (Å²) < 4.78 is 0. The molecule has 0 aromatic heterocycles. The lowest BCUT2D eigenvalue weighted by atomic mass is 9.89. The van der Waals surface area contributed by atoms with Gasteiger partial charge in [-0.3, -0.25) is 0 Å². The van der Waals surface area contributed by atoms with Crippen LogP contribution >= 0.6 is 0 Å². The highest BCUT2D eigenvalue weighted by Gasteiger charge is 2.29. The van der Waals surface area contributed by atoms with Gasteiger partial charge in [0, 0.05) is 11.5 Å². The van der Waals surface area contributed by atoms with Crippen LogP contribution in [0.15, 0.2) is 36.4 Å². The Bertz CT molecular complexity index is 459. The van der Waals surface area contributed by atoms with Crippen LogP contribution in [0.5, 0.6) is 0 Å². The van der Waals surface area contributed by atoms with Gasteiger partial charge < -0.3 is 5.73 Å². The maximum atomic E-state index is 6.34. The number of hydrogen-bond donors (Lipinski definition) is 1. The summed E-state index contributed by atoms with van der Waals surface area (Å²) in [6.45, 7) is 4.45. The largest absolute Gasteiger partial charge is 0.322 e. The fourth-order valence-corrected chi connectivity index (χ4v) is 3.39. The molecule has 0 heterocycles. The molecule has 0 saturated carbocycles. The van der Waals surface area contributed by atoms with Gasteiger partial charge in [0.2, 0.25) is 0 Å². The molecule has 2 atom stereocenters. The second kappa shape index (κ2) is 8.53. The van der Waals surface area contributed by atoms with Crippen molar-refractivity contribution in [2.45, 2.75) is 83.1 Å². The average molecular weight is 300 g/mol. The van der Waals surface area contributed by atoms with E-state index in [1.165, 1.54) is 56.1 Å². The van der Waals surface area contributed by atoms with Crippen molar-refractivity contribution in [2.75, 3.05) is 0 Å². The van der Waals surface area contributed by atoms with Crippen LogP contribution in [0.25, 0.3) is 0 Å². The molecule has 0 saturated heterocycles. The molecule has 2 unspecified atom stereocenters. The van der Waals surface area contributed by atoms with Gasteiger partial charge in [0.05, 0.1) is 0 Å². The molecule has 0 aliphatic heterocycles. The van der Waals surface area contributed by atoms with E-state index >= 15 is 0 Å². The van der Waals surface area contributed by atoms with E-state index in [1.54, 1.807) is 0 Å². The molecule has 1 aliphatic carbocycles. The summed E-state index contributed by atoms with van der Waals surface area (Å²) in [6, 6.07) is 9.25. The number of benzene rings is 1. The summed E-state index contributed by atoms with van der Waals surface area (Å²) in [4.78, 5) is 0. The minimum atomic E-state index is -0.0815. The first-order valence-electron chi connectivity index (χ1n) is 9.24. The lowest BCUT2D eigenvalue weighted by Crippen LogP contribution is -2.34. The molecule has 1 nitrogen and oxygen atoms in total. The van der Waals surface area contributed by atoms with Crippen molar-refractivity contribution in [1.29, 1.82) is 0 Å². The number of allylic oxidation sites excluding steroid dienone is 1. The Morgan fingerprint density at radius 3 is 2.32 bits per heavy atom. The van der Waals surface area contributed by atoms with Gasteiger partial charge in [-0.05, 0) is 36.8 Å². The molecule has 122 valence electrons. The standard InChI is InChI=1S/C21H33N/c1-3-5-6-7-8-9-10-18-11-13-19(14-12-18)20-15-16-21(22,4-2)17-20/h11-16,20H,3-10,17,22H2,1-2H3. The molecule has 1 aromatic carbocycles. The maximum Gasteiger partial charge on any atom is 0.0345 e. The fourth-order valence-electron chi connectivity index (χ4n) is 3.39. The highest BCUT2D eigenvalue weighted by Crippen LogP contribution is 2.35. The van der Waals surface area contributed by atoms with Crippen LogP contribution in [0, 0.1) is 0 Å². The highest BCUT2D eigenvalue weighted by molar-refractivity contribution is 5.33. The first-order valence-corrected chi connectivity index (χ1v) is 9.24. The van der Waals surface area contributed by atoms with E-state index in [1.807, 2.05) is 0 Å². The third kappa shape index (κ3) is 4.98. The SMILES string of the molecule is CCCCCCCCc1ccc(C2C=CC(N)(CC)C2)cc1. The van der Waals surface area contributed by atoms with Crippen LogP contribution in [0.1, 0.15) is 82.3 Å². The van der Waals surface area contributed by atoms with Gasteiger partial charge in [0.25, 0.3) is 0 Å². The summed E-state index contributed by atoms with van der Waals surface area (Å²) >= 11 is 0. The molecule has 0 spiro atoms. The maximum absolute atomic E-state index is 6.34. The van der Waals surface area contributed by atoms with Crippen molar-refractivity contribution >= 4 is 0 Å². The minimum Gasteiger partial charge on any atom is -0.322 e. The Morgan fingerprint density at radius 2 is 1.68 bits per heavy atom. The van der Waals surface area contributed by atoms with Crippen LogP contribution in [0.2, 0.25) is 0 Å². The van der Waals surface area contributed by atoms with Crippen LogP contribution in [0.3, 0.4) is 0 Å². The van der Waals surface area contributed by atoms with Crippen LogP contribution in [0.4, 0.5) is 0 Å². The normalized spacial score (nSPS) is 24.0. The quantitative estimate of drug-likeness (QED) is 0.456. The van der Waals surface area contributed by atoms with Gasteiger partial charge in [0.1, 0.15) is 0 Å². The summed E-state index contributed by atoms with van der Waals surface area (Å²) in [6.07, 6.45) is 16.0. The van der Waals surface area contributed by atoms with E-state index in [0.717, 1.165) is 12.8 Å². The number of rotatable bonds is 9. The minimum absolute atomic E-state index is 0.0815. The Hall–Kier alpha value is -1.08. The van der Waals surface area contributed by atoms with Crippen LogP contribution in [-0.4, -0.2) is 5.54 Å². The van der Waals surface area contributed by atoms with Gasteiger partial charge in [-0.15, -0.1) is 0 Å². The van der Waals surface area contributed by atoms with Gasteiger partial charge in [-0.25, -0.2) is 0 Å². The van der Waals surface area contributed by atoms with Crippen LogP contribution in [-0.2, 0) is 6.42 Å². The fraction of sp³-hybridized carbons (Fsp3) is 0.619. The van der Waals surface area contributed by atoms with Crippen molar-refractivity contribution in [3.63, 3.8) is 0 Å². The van der Waals surface area contributed by atoms with E-state index in [2.05, 4.69) is 50.3 Å². The third-order valence-corrected chi connectivity index (χ3v) is 5.15. The predicted octanol–water partition coefficient (Wildman–Crippen LogP) is 5.74. The lowest BCUT2D eigenvalue weighted by Gasteiger charge is -2.21. The van der Waals surface area contributed by atoms with E-state index in [0.29, 0.717) is 5.92 Å². The van der Waals surface area contributed by atoms with Gasteiger partial charge in [-0.1, -0.05) is 82.4 Å². The first-order chi connectivity index (χ1) is 10.7. The van der Waals surface area contributed by atoms with E-state index in [4.69, 9.17) is 5.73 Å². The smallest absolute Gasteiger partial charge is 0.0345 e. The van der Waals surface area contributed by atoms with Crippen molar-refractivity contribution in [3.05, 3.63) is 47.5 Å². The Labute approximate surface area is 137 Å². The molecular weight excluding hydrogens is 266 g/mol. The van der Waals surface area contributed by atoms with Gasteiger partial charge >= 0.3 is 0 Å². The molecule has 1 aliphatic rings. The van der Waals surface area contributed by atoms with E-state index in [9.17, 15) is 0 Å². The third-order valence-electron chi connectivity index (χ3n) is 5.15. The molecule has 0 fully saturated rings. The van der Waals surface area contributed by atoms with E-state index in [-0.39, 0.29) is 5.54 Å². The average Bonchev–Trinajstić information content (AvgIpc) is 2.94. The van der Waals surface area contributed by atoms with Crippen molar-refractivity contribution in [3.8, 4) is 0 Å². The molecule has 2 N–H and O–H groups in total. The topological polar surface area (TPSA) is 26.0 Å². The zero-order valence-corrected chi connectivity index (χ0v) is 14.5. The lowest BCUT2D eigenvalue weighted by molar-refractivity contribution is 0.479. The van der Waals surface area contributed by atoms with Crippen molar-refractivity contribution < 1.29 is 0 Å². The monoisotopic (exact) mass is 299 g/mol. The molecule has 1 aromatic rings. The first kappa shape index (κ1) is 17.3. The second-order valence-corrected chi connectivity index (χ2v) is 7.02. The summed E-state index contributed by atoms with van der Waals surface area (Å²) in [5.41, 5.74) is 9.17. The van der Waals surface area contributed by atoms with Crippen molar-refractivity contribution in [1.82, 2.24) is 0 Å². The van der Waals surface area contributed by atoms with E-state index < -0.39 is 0 Å². The number of nitrogens with two attached hydrogens (primary N) is 1. The Morgan fingerprint density at radius 1 is 1.00 bits per heavy atom. The number of unbranched alkanes of at least 4 members (excludes halogenated alkanes) is 5. The Kier molecular flexibility index (Phi) is 6.70. The molecule has 22 heavy (non-hydrogen) atoms. The van der Waals surface area contributed by atoms with Crippen molar-refractivity contribution in [2.24, 2.45) is 5.73 Å². The molecule has 1 heteroatoms. The van der Waals surface area contributed by atoms with Crippen LogP contribution < -0.4 is 5.73 Å². The number of hydrogen-bond acceptors (Lipinski definition) is 1. The molecule has 0 radical (unpaired) electrons. The zero-order chi connectivity index (χ0) is 15.8. The van der Waals surface area contributed by atoms with Gasteiger partial charge in [0.15, 0.2) is 0 Å². The molecular formula is C21H33N. The molecule has 0 amide bonds. The summed E-state index contributed by atoms with van der Waals surface area (Å²) in [7, 11) is 0. The zero-order valence-electron chi connectivity index (χ0n) is 14.5. The Balaban J connectivity index is 1.75. The molecule has 2 rings (SSSR count). The highest BCUT2D eigenvalue weighted by atomic mass is 14.7. The summed E-state index contributed by atoms with van der Waals surface area (Å²) in [5.74, 6) is 0.507. The second-order valence-electron chi connectivity index (χ2n) is 7.02. The number of aryl methyl sites for hydroxylation is 1. The summed E-state index contributed by atoms with van der Waals surface area (Å²) in [5, 5.41) is 0. The molecule has 0 bridgehead atoms. The van der Waals surface area contributed by atoms with Gasteiger partial charge in [-0.2, -0.15) is 0 Å². The predicted molar refractivity (Wildman–Crippen MR) is 97.2 cm³/mol.